The lowest BCUT2D eigenvalue weighted by Gasteiger charge is -2.50. The van der Waals surface area contributed by atoms with Crippen molar-refractivity contribution in [1.82, 2.24) is 15.5 Å². The highest BCUT2D eigenvalue weighted by Gasteiger charge is 2.52. The van der Waals surface area contributed by atoms with E-state index >= 15 is 0 Å². The minimum atomic E-state index is -1.52. The number of amides is 3. The molecule has 12 heteroatoms. The van der Waals surface area contributed by atoms with Gasteiger partial charge in [-0.05, 0) is 13.8 Å². The predicted octanol–water partition coefficient (Wildman–Crippen LogP) is -0.675. The first-order chi connectivity index (χ1) is 12.9. The van der Waals surface area contributed by atoms with Gasteiger partial charge in [0.15, 0.2) is 0 Å². The van der Waals surface area contributed by atoms with Gasteiger partial charge in [0.1, 0.15) is 18.0 Å². The second kappa shape index (κ2) is 10.0. The summed E-state index contributed by atoms with van der Waals surface area (Å²) in [5.41, 5.74) is -0.0129. The predicted molar refractivity (Wildman–Crippen MR) is 100 cm³/mol. The number of β-lactam (4-membered cyclic amide) rings is 1. The van der Waals surface area contributed by atoms with Crippen LogP contribution in [0, 0.1) is 0 Å². The van der Waals surface area contributed by atoms with Crippen molar-refractivity contribution in [2.45, 2.75) is 31.2 Å². The molecule has 0 bridgehead atoms. The Labute approximate surface area is 167 Å². The number of rotatable bonds is 9. The Morgan fingerprint density at radius 1 is 1.44 bits per heavy atom. The van der Waals surface area contributed by atoms with Gasteiger partial charge in [0.2, 0.25) is 5.91 Å². The maximum absolute atomic E-state index is 12.4. The Bertz CT molecular complexity index is 686. The molecule has 9 nitrogen and oxygen atoms in total. The number of carboxylic acids is 1. The molecule has 2 aliphatic rings. The quantitative estimate of drug-likeness (QED) is 0.279. The zero-order valence-corrected chi connectivity index (χ0v) is 17.1. The molecule has 0 saturated carbocycles. The molecule has 0 aromatic heterocycles. The molecule has 3 amide bonds. The van der Waals surface area contributed by atoms with Crippen molar-refractivity contribution in [3.63, 3.8) is 0 Å². The Hall–Kier alpha value is -1.71. The fourth-order valence-electron chi connectivity index (χ4n) is 2.66. The summed E-state index contributed by atoms with van der Waals surface area (Å²) in [5, 5.41) is 16.2. The lowest BCUT2D eigenvalue weighted by atomic mass is 10.0. The van der Waals surface area contributed by atoms with E-state index in [1.165, 1.54) is 11.8 Å². The van der Waals surface area contributed by atoms with Gasteiger partial charge in [0.25, 0.3) is 5.91 Å². The van der Waals surface area contributed by atoms with Gasteiger partial charge in [-0.3, -0.25) is 14.5 Å². The molecule has 1 saturated heterocycles. The Morgan fingerprint density at radius 2 is 2.19 bits per heavy atom. The highest BCUT2D eigenvalue weighted by Crippen LogP contribution is 2.40. The van der Waals surface area contributed by atoms with Crippen molar-refractivity contribution in [2.24, 2.45) is 0 Å². The number of thioether (sulfide) groups is 1. The van der Waals surface area contributed by atoms with Gasteiger partial charge < -0.3 is 25.3 Å². The van der Waals surface area contributed by atoms with E-state index in [0.717, 1.165) is 12.3 Å². The number of fused-ring (bicyclic) bond motifs is 1. The summed E-state index contributed by atoms with van der Waals surface area (Å²) in [5.74, 6) is -2.03. The van der Waals surface area contributed by atoms with E-state index in [4.69, 9.17) is 16.5 Å². The highest BCUT2D eigenvalue weighted by molar-refractivity contribution is 8.00. The molecule has 0 aromatic carbocycles. The smallest absolute Gasteiger partial charge is 0.407 e. The van der Waals surface area contributed by atoms with Gasteiger partial charge in [0.05, 0.1) is 11.7 Å². The molecule has 0 aliphatic carbocycles. The maximum atomic E-state index is 12.4. The number of alkyl carbamates (subject to hydrolysis) is 1. The van der Waals surface area contributed by atoms with Crippen molar-refractivity contribution < 1.29 is 29.0 Å². The summed E-state index contributed by atoms with van der Waals surface area (Å²) in [7, 11) is 0.720. The van der Waals surface area contributed by atoms with Crippen LogP contribution in [-0.4, -0.2) is 65.3 Å². The van der Waals surface area contributed by atoms with Crippen molar-refractivity contribution in [2.75, 3.05) is 25.1 Å². The number of carbonyl (C=O) groups excluding carboxylic acids is 4. The zero-order chi connectivity index (χ0) is 20.0. The first kappa shape index (κ1) is 21.6. The standard InChI is InChI=1S/C15H20N3O6PS2/c1-2-3-9(19)17-10-12(20)18-11(14(21)22)8(7-27-13(10)18)6-24-15(23)16-4-5-25-26/h10,13H,2-7H2,1H3,(H,16,23)(H,17,19)(H,21,22)/p-1. The minimum Gasteiger partial charge on any atom is -0.543 e. The molecule has 2 unspecified atom stereocenters. The summed E-state index contributed by atoms with van der Waals surface area (Å²) in [6.45, 7) is 1.94. The first-order valence-corrected chi connectivity index (χ1v) is 11.4. The third-order valence-electron chi connectivity index (χ3n) is 3.88. The van der Waals surface area contributed by atoms with Crippen LogP contribution in [-0.2, 0) is 30.9 Å². The van der Waals surface area contributed by atoms with E-state index in [9.17, 15) is 24.3 Å². The van der Waals surface area contributed by atoms with Gasteiger partial charge in [-0.15, -0.1) is 11.8 Å². The molecule has 1 fully saturated rings. The molecule has 2 aliphatic heterocycles. The summed E-state index contributed by atoms with van der Waals surface area (Å²) in [6.07, 6.45) is 0.852. The Morgan fingerprint density at radius 3 is 2.81 bits per heavy atom. The van der Waals surface area contributed by atoms with Crippen molar-refractivity contribution in [1.29, 1.82) is 0 Å². The van der Waals surface area contributed by atoms with Crippen molar-refractivity contribution in [3.05, 3.63) is 11.3 Å². The number of hydrogen-bond donors (Lipinski definition) is 2. The van der Waals surface area contributed by atoms with Crippen LogP contribution >= 0.6 is 19.1 Å². The Balaban J connectivity index is 2.02. The number of nitrogens with one attached hydrogen (secondary N) is 2. The first-order valence-electron chi connectivity index (χ1n) is 8.27. The molecule has 0 spiro atoms. The van der Waals surface area contributed by atoms with E-state index in [0.29, 0.717) is 25.5 Å². The molecule has 2 atom stereocenters. The van der Waals surface area contributed by atoms with Crippen molar-refractivity contribution >= 4 is 54.8 Å². The van der Waals surface area contributed by atoms with Crippen LogP contribution in [0.2, 0.25) is 0 Å². The second-order valence-corrected chi connectivity index (χ2v) is 8.39. The number of ether oxygens (including phenoxy) is 1. The number of aliphatic carboxylic acids is 1. The van der Waals surface area contributed by atoms with E-state index < -0.39 is 29.4 Å². The van der Waals surface area contributed by atoms with Gasteiger partial charge in [0, 0.05) is 30.5 Å². The van der Waals surface area contributed by atoms with E-state index in [1.807, 2.05) is 6.92 Å². The van der Waals surface area contributed by atoms with Crippen LogP contribution < -0.4 is 15.7 Å². The number of carboxylic acid groups (broad SMARTS) is 1. The molecule has 27 heavy (non-hydrogen) atoms. The van der Waals surface area contributed by atoms with Gasteiger partial charge in [-0.1, -0.05) is 18.7 Å². The SMILES string of the molecule is CCCC(=O)NC1C(=O)N2C(C(=O)[O-])=C(COC(=O)NCCP=S)CSC12. The minimum absolute atomic E-state index is 0.246. The van der Waals surface area contributed by atoms with Crippen LogP contribution in [0.15, 0.2) is 11.3 Å². The summed E-state index contributed by atoms with van der Waals surface area (Å²) in [4.78, 5) is 48.3. The number of nitrogens with zero attached hydrogens (tertiary/aromatic N) is 1. The third-order valence-corrected chi connectivity index (χ3v) is 6.18. The van der Waals surface area contributed by atoms with E-state index in [-0.39, 0.29) is 29.5 Å². The zero-order valence-electron chi connectivity index (χ0n) is 14.6. The van der Waals surface area contributed by atoms with E-state index in [2.05, 4.69) is 10.6 Å². The van der Waals surface area contributed by atoms with Crippen LogP contribution in [0.1, 0.15) is 19.8 Å². The fourth-order valence-corrected chi connectivity index (χ4v) is 4.47. The molecule has 2 N–H and O–H groups in total. The molecule has 0 aromatic rings. The third kappa shape index (κ3) is 5.18. The van der Waals surface area contributed by atoms with Crippen LogP contribution in [0.3, 0.4) is 0 Å². The van der Waals surface area contributed by atoms with Crippen LogP contribution in [0.4, 0.5) is 4.79 Å². The lowest BCUT2D eigenvalue weighted by molar-refractivity contribution is -0.301. The molecule has 2 rings (SSSR count). The molecule has 0 radical (unpaired) electrons. The fraction of sp³-hybridized carbons (Fsp3) is 0.600. The molecular weight excluding hydrogens is 413 g/mol. The maximum Gasteiger partial charge on any atom is 0.407 e. The van der Waals surface area contributed by atoms with Crippen molar-refractivity contribution in [3.8, 4) is 0 Å². The average Bonchev–Trinajstić information content (AvgIpc) is 2.63. The number of carbonyl (C=O) groups is 4. The second-order valence-electron chi connectivity index (χ2n) is 5.80. The Kier molecular flexibility index (Phi) is 8.00. The number of hydrogen-bond acceptors (Lipinski definition) is 8. The highest BCUT2D eigenvalue weighted by atomic mass is 32.4. The normalized spacial score (nSPS) is 21.4. The summed E-state index contributed by atoms with van der Waals surface area (Å²) < 4.78 is 5.02. The van der Waals surface area contributed by atoms with Gasteiger partial charge in [-0.25, -0.2) is 4.79 Å². The lowest BCUT2D eigenvalue weighted by Crippen LogP contribution is -2.71. The molecule has 2 heterocycles. The van der Waals surface area contributed by atoms with Gasteiger partial charge in [-0.2, -0.15) is 0 Å². The summed E-state index contributed by atoms with van der Waals surface area (Å²) in [6, 6.07) is -0.758. The average molecular weight is 432 g/mol. The molecular formula is C15H19N3O6PS2-. The topological polar surface area (TPSA) is 128 Å². The van der Waals surface area contributed by atoms with Gasteiger partial charge >= 0.3 is 6.09 Å². The largest absolute Gasteiger partial charge is 0.543 e. The van der Waals surface area contributed by atoms with E-state index in [1.54, 1.807) is 0 Å². The molecule has 148 valence electrons. The summed E-state index contributed by atoms with van der Waals surface area (Å²) >= 11 is 6.04. The van der Waals surface area contributed by atoms with Crippen LogP contribution in [0.5, 0.6) is 0 Å². The van der Waals surface area contributed by atoms with Crippen LogP contribution in [0.25, 0.3) is 0 Å². The monoisotopic (exact) mass is 432 g/mol.